The number of para-hydroxylation sites is 1. The van der Waals surface area contributed by atoms with Gasteiger partial charge in [0.2, 0.25) is 5.88 Å². The Kier molecular flexibility index (Phi) is 6.12. The van der Waals surface area contributed by atoms with E-state index in [1.165, 1.54) is 16.7 Å². The van der Waals surface area contributed by atoms with E-state index in [0.717, 1.165) is 11.8 Å². The molecule has 1 amide bonds. The molecule has 2 aromatic carbocycles. The zero-order chi connectivity index (χ0) is 21.8. The molecule has 8 nitrogen and oxygen atoms in total. The Balaban J connectivity index is 1.92. The van der Waals surface area contributed by atoms with Crippen molar-refractivity contribution in [2.24, 2.45) is 5.10 Å². The number of nitrogens with zero attached hydrogens (tertiary/aromatic N) is 2. The minimum absolute atomic E-state index is 0.0187. The summed E-state index contributed by atoms with van der Waals surface area (Å²) in [6, 6.07) is 13.3. The van der Waals surface area contributed by atoms with Gasteiger partial charge in [-0.25, -0.2) is 5.43 Å². The first-order valence-electron chi connectivity index (χ1n) is 9.09. The largest absolute Gasteiger partial charge is 0.507 e. The van der Waals surface area contributed by atoms with Crippen LogP contribution >= 0.6 is 12.2 Å². The summed E-state index contributed by atoms with van der Waals surface area (Å²) in [5.74, 6) is -0.950. The van der Waals surface area contributed by atoms with Crippen LogP contribution in [-0.2, 0) is 0 Å². The van der Waals surface area contributed by atoms with Gasteiger partial charge in [-0.05, 0) is 48.0 Å². The van der Waals surface area contributed by atoms with E-state index < -0.39 is 17.3 Å². The summed E-state index contributed by atoms with van der Waals surface area (Å²) in [5, 5.41) is 24.1. The third-order valence-corrected chi connectivity index (χ3v) is 4.73. The lowest BCUT2D eigenvalue weighted by Crippen LogP contribution is -2.21. The molecule has 0 fully saturated rings. The van der Waals surface area contributed by atoms with Gasteiger partial charge in [0.1, 0.15) is 11.3 Å². The van der Waals surface area contributed by atoms with E-state index in [0.29, 0.717) is 11.6 Å². The van der Waals surface area contributed by atoms with E-state index >= 15 is 0 Å². The summed E-state index contributed by atoms with van der Waals surface area (Å²) in [4.78, 5) is 26.8. The van der Waals surface area contributed by atoms with Crippen LogP contribution < -0.4 is 11.0 Å². The molecule has 0 aliphatic rings. The van der Waals surface area contributed by atoms with E-state index in [1.807, 2.05) is 12.1 Å². The first kappa shape index (κ1) is 21.0. The van der Waals surface area contributed by atoms with Crippen molar-refractivity contribution in [2.75, 3.05) is 0 Å². The predicted octanol–water partition coefficient (Wildman–Crippen LogP) is 3.19. The standard InChI is InChI=1S/C21H20N4O4S/c1-12(2)13-7-9-14(10-8-13)25-20(29)16(18(27)23-21(25)30)11-22-24-19(28)15-5-3-4-6-17(15)26/h3-12,26,29H,1-2H3,(H,24,28)(H,23,27,30). The van der Waals surface area contributed by atoms with Gasteiger partial charge in [0, 0.05) is 0 Å². The van der Waals surface area contributed by atoms with E-state index in [9.17, 15) is 19.8 Å². The number of amides is 1. The number of hydrazone groups is 1. The number of aromatic nitrogens is 2. The van der Waals surface area contributed by atoms with Crippen molar-refractivity contribution in [3.05, 3.63) is 80.3 Å². The van der Waals surface area contributed by atoms with Crippen molar-refractivity contribution in [2.45, 2.75) is 19.8 Å². The number of hydrogen-bond acceptors (Lipinski definition) is 6. The zero-order valence-corrected chi connectivity index (χ0v) is 17.1. The van der Waals surface area contributed by atoms with E-state index in [-0.39, 0.29) is 21.6 Å². The van der Waals surface area contributed by atoms with Crippen LogP contribution in [0, 0.1) is 4.77 Å². The highest BCUT2D eigenvalue weighted by Crippen LogP contribution is 2.21. The lowest BCUT2D eigenvalue weighted by atomic mass is 10.0. The van der Waals surface area contributed by atoms with E-state index in [2.05, 4.69) is 29.4 Å². The van der Waals surface area contributed by atoms with Crippen molar-refractivity contribution >= 4 is 24.3 Å². The minimum atomic E-state index is -0.669. The van der Waals surface area contributed by atoms with Crippen LogP contribution in [0.5, 0.6) is 11.6 Å². The van der Waals surface area contributed by atoms with Crippen molar-refractivity contribution in [3.63, 3.8) is 0 Å². The molecule has 0 saturated heterocycles. The van der Waals surface area contributed by atoms with E-state index in [1.54, 1.807) is 24.3 Å². The predicted molar refractivity (Wildman–Crippen MR) is 116 cm³/mol. The highest BCUT2D eigenvalue weighted by atomic mass is 32.1. The molecule has 0 aliphatic heterocycles. The topological polar surface area (TPSA) is 120 Å². The van der Waals surface area contributed by atoms with E-state index in [4.69, 9.17) is 12.2 Å². The summed E-state index contributed by atoms with van der Waals surface area (Å²) in [5.41, 5.74) is 3.06. The molecule has 1 aromatic heterocycles. The molecular weight excluding hydrogens is 404 g/mol. The van der Waals surface area contributed by atoms with Crippen LogP contribution in [0.1, 0.15) is 41.3 Å². The second-order valence-electron chi connectivity index (χ2n) is 6.79. The number of hydrogen-bond donors (Lipinski definition) is 4. The van der Waals surface area contributed by atoms with Gasteiger partial charge < -0.3 is 10.2 Å². The van der Waals surface area contributed by atoms with Crippen LogP contribution in [0.4, 0.5) is 0 Å². The molecule has 0 unspecified atom stereocenters. The molecule has 30 heavy (non-hydrogen) atoms. The van der Waals surface area contributed by atoms with Crippen LogP contribution in [0.2, 0.25) is 0 Å². The Morgan fingerprint density at radius 2 is 1.83 bits per heavy atom. The molecule has 3 rings (SSSR count). The molecule has 3 aromatic rings. The Morgan fingerprint density at radius 1 is 1.17 bits per heavy atom. The van der Waals surface area contributed by atoms with Gasteiger partial charge in [-0.1, -0.05) is 38.1 Å². The monoisotopic (exact) mass is 424 g/mol. The minimum Gasteiger partial charge on any atom is -0.507 e. The van der Waals surface area contributed by atoms with Gasteiger partial charge in [0.15, 0.2) is 4.77 Å². The Morgan fingerprint density at radius 3 is 2.47 bits per heavy atom. The SMILES string of the molecule is CC(C)c1ccc(-n2c(O)c(C=NNC(=O)c3ccccc3O)c(=O)[nH]c2=S)cc1. The first-order chi connectivity index (χ1) is 14.3. The average molecular weight is 424 g/mol. The number of carbonyl (C=O) groups excluding carboxylic acids is 1. The van der Waals surface area contributed by atoms with Gasteiger partial charge in [-0.3, -0.25) is 19.1 Å². The zero-order valence-electron chi connectivity index (χ0n) is 16.3. The van der Waals surface area contributed by atoms with Crippen molar-refractivity contribution in [3.8, 4) is 17.3 Å². The van der Waals surface area contributed by atoms with Crippen LogP contribution in [0.25, 0.3) is 5.69 Å². The van der Waals surface area contributed by atoms with Gasteiger partial charge in [0.05, 0.1) is 17.5 Å². The molecule has 0 saturated carbocycles. The summed E-state index contributed by atoms with van der Waals surface area (Å²) >= 11 is 5.19. The number of rotatable bonds is 5. The summed E-state index contributed by atoms with van der Waals surface area (Å²) in [6.07, 6.45) is 1.01. The van der Waals surface area contributed by atoms with Crippen molar-refractivity contribution in [1.82, 2.24) is 15.0 Å². The van der Waals surface area contributed by atoms with Gasteiger partial charge >= 0.3 is 0 Å². The maximum absolute atomic E-state index is 12.2. The molecule has 154 valence electrons. The fraction of sp³-hybridized carbons (Fsp3) is 0.143. The summed E-state index contributed by atoms with van der Waals surface area (Å²) < 4.78 is 1.32. The summed E-state index contributed by atoms with van der Waals surface area (Å²) in [7, 11) is 0. The second-order valence-corrected chi connectivity index (χ2v) is 7.18. The average Bonchev–Trinajstić information content (AvgIpc) is 2.70. The number of benzene rings is 2. The van der Waals surface area contributed by atoms with Crippen molar-refractivity contribution < 1.29 is 15.0 Å². The molecule has 0 radical (unpaired) electrons. The number of H-pyrrole nitrogens is 1. The molecule has 1 heterocycles. The first-order valence-corrected chi connectivity index (χ1v) is 9.50. The highest BCUT2D eigenvalue weighted by Gasteiger charge is 2.14. The lowest BCUT2D eigenvalue weighted by Gasteiger charge is -2.12. The number of carbonyl (C=O) groups is 1. The molecule has 4 N–H and O–H groups in total. The molecule has 0 spiro atoms. The molecule has 9 heteroatoms. The molecule has 0 bridgehead atoms. The van der Waals surface area contributed by atoms with Crippen LogP contribution in [0.3, 0.4) is 0 Å². The Labute approximate surface area is 177 Å². The molecule has 0 atom stereocenters. The smallest absolute Gasteiger partial charge is 0.275 e. The van der Waals surface area contributed by atoms with Crippen molar-refractivity contribution in [1.29, 1.82) is 0 Å². The fourth-order valence-electron chi connectivity index (χ4n) is 2.78. The number of aromatic amines is 1. The third-order valence-electron chi connectivity index (χ3n) is 4.45. The normalized spacial score (nSPS) is 11.2. The Bertz CT molecular complexity index is 1230. The van der Waals surface area contributed by atoms with Crippen LogP contribution in [0.15, 0.2) is 58.4 Å². The quantitative estimate of drug-likeness (QED) is 0.285. The maximum atomic E-state index is 12.2. The second kappa shape index (κ2) is 8.75. The fourth-order valence-corrected chi connectivity index (χ4v) is 3.07. The molecule has 0 aliphatic carbocycles. The number of nitrogens with one attached hydrogen (secondary N) is 2. The lowest BCUT2D eigenvalue weighted by molar-refractivity contribution is 0.0952. The molecular formula is C21H20N4O4S. The number of phenolic OH excluding ortho intramolecular Hbond substituents is 1. The third kappa shape index (κ3) is 4.31. The number of aromatic hydroxyl groups is 2. The van der Waals surface area contributed by atoms with Crippen LogP contribution in [-0.4, -0.2) is 31.9 Å². The number of phenols is 1. The van der Waals surface area contributed by atoms with Gasteiger partial charge in [-0.15, -0.1) is 0 Å². The summed E-state index contributed by atoms with van der Waals surface area (Å²) in [6.45, 7) is 4.13. The maximum Gasteiger partial charge on any atom is 0.275 e. The van der Waals surface area contributed by atoms with Gasteiger partial charge in [0.25, 0.3) is 11.5 Å². The van der Waals surface area contributed by atoms with Gasteiger partial charge in [-0.2, -0.15) is 5.10 Å². The Hall–Kier alpha value is -3.72. The highest BCUT2D eigenvalue weighted by molar-refractivity contribution is 7.71.